The molecule has 0 aliphatic carbocycles. The van der Waals surface area contributed by atoms with Gasteiger partial charge in [-0.25, -0.2) is 4.79 Å². The number of hydrogen-bond acceptors (Lipinski definition) is 4. The van der Waals surface area contributed by atoms with E-state index < -0.39 is 6.10 Å². The predicted molar refractivity (Wildman–Crippen MR) is 100 cm³/mol. The Labute approximate surface area is 154 Å². The largest absolute Gasteiger partial charge is 0.481 e. The zero-order valence-corrected chi connectivity index (χ0v) is 15.6. The van der Waals surface area contributed by atoms with Crippen molar-refractivity contribution < 1.29 is 19.1 Å². The smallest absolute Gasteiger partial charge is 0.337 e. The lowest BCUT2D eigenvalue weighted by Gasteiger charge is -2.18. The number of amides is 1. The molecule has 0 spiro atoms. The van der Waals surface area contributed by atoms with Gasteiger partial charge in [0.05, 0.1) is 12.7 Å². The van der Waals surface area contributed by atoms with E-state index in [2.05, 4.69) is 23.9 Å². The van der Waals surface area contributed by atoms with E-state index in [1.54, 1.807) is 31.2 Å². The van der Waals surface area contributed by atoms with Crippen molar-refractivity contribution >= 4 is 11.9 Å². The van der Waals surface area contributed by atoms with Crippen LogP contribution in [0.15, 0.2) is 48.5 Å². The normalized spacial score (nSPS) is 11.7. The number of carbonyl (C=O) groups is 2. The van der Waals surface area contributed by atoms with Crippen molar-refractivity contribution in [3.8, 4) is 5.75 Å². The van der Waals surface area contributed by atoms with Crippen molar-refractivity contribution in [2.75, 3.05) is 7.11 Å². The lowest BCUT2D eigenvalue weighted by atomic mass is 10.0. The molecule has 0 radical (unpaired) electrons. The third kappa shape index (κ3) is 5.09. The highest BCUT2D eigenvalue weighted by Crippen LogP contribution is 2.26. The second-order valence-electron chi connectivity index (χ2n) is 6.36. The Bertz CT molecular complexity index is 753. The molecular weight excluding hydrogens is 330 g/mol. The molecule has 5 nitrogen and oxygen atoms in total. The first-order valence-electron chi connectivity index (χ1n) is 8.63. The summed E-state index contributed by atoms with van der Waals surface area (Å²) in [5, 5.41) is 2.85. The van der Waals surface area contributed by atoms with E-state index in [1.165, 1.54) is 7.11 Å². The maximum Gasteiger partial charge on any atom is 0.337 e. The van der Waals surface area contributed by atoms with Crippen LogP contribution in [0.3, 0.4) is 0 Å². The minimum atomic E-state index is -0.607. The van der Waals surface area contributed by atoms with E-state index in [9.17, 15) is 9.59 Å². The molecule has 1 unspecified atom stereocenters. The first-order valence-corrected chi connectivity index (χ1v) is 8.63. The van der Waals surface area contributed by atoms with E-state index in [1.807, 2.05) is 24.3 Å². The summed E-state index contributed by atoms with van der Waals surface area (Å²) < 4.78 is 10.5. The Morgan fingerprint density at radius 2 is 1.65 bits per heavy atom. The molecule has 1 amide bonds. The molecule has 2 aromatic carbocycles. The topological polar surface area (TPSA) is 64.6 Å². The van der Waals surface area contributed by atoms with Crippen LogP contribution >= 0.6 is 0 Å². The Morgan fingerprint density at radius 1 is 1.00 bits per heavy atom. The van der Waals surface area contributed by atoms with Gasteiger partial charge in [0.2, 0.25) is 0 Å². The summed E-state index contributed by atoms with van der Waals surface area (Å²) >= 11 is 0. The molecule has 0 bridgehead atoms. The molecule has 2 aromatic rings. The van der Waals surface area contributed by atoms with Gasteiger partial charge in [0.1, 0.15) is 5.75 Å². The molecule has 5 heteroatoms. The Hall–Kier alpha value is -2.82. The van der Waals surface area contributed by atoms with Crippen molar-refractivity contribution in [2.24, 2.45) is 0 Å². The van der Waals surface area contributed by atoms with Crippen LogP contribution in [0.1, 0.15) is 48.2 Å². The van der Waals surface area contributed by atoms with Gasteiger partial charge in [-0.3, -0.25) is 4.79 Å². The molecule has 0 fully saturated rings. The number of benzene rings is 2. The third-order valence-corrected chi connectivity index (χ3v) is 4.06. The number of nitrogens with one attached hydrogen (secondary N) is 1. The maximum atomic E-state index is 12.3. The fraction of sp³-hybridized carbons (Fsp3) is 0.333. The first kappa shape index (κ1) is 19.5. The van der Waals surface area contributed by atoms with Gasteiger partial charge in [-0.1, -0.05) is 44.2 Å². The summed E-state index contributed by atoms with van der Waals surface area (Å²) in [5.74, 6) is 0.467. The number of esters is 1. The van der Waals surface area contributed by atoms with Gasteiger partial charge in [-0.2, -0.15) is 0 Å². The van der Waals surface area contributed by atoms with Crippen LogP contribution in [0.4, 0.5) is 0 Å². The summed E-state index contributed by atoms with van der Waals surface area (Å²) in [6, 6.07) is 14.7. The highest BCUT2D eigenvalue weighted by molar-refractivity contribution is 5.89. The van der Waals surface area contributed by atoms with Crippen molar-refractivity contribution in [3.05, 3.63) is 65.2 Å². The van der Waals surface area contributed by atoms with Gasteiger partial charge in [0, 0.05) is 6.54 Å². The van der Waals surface area contributed by atoms with Crippen LogP contribution in [0, 0.1) is 0 Å². The Morgan fingerprint density at radius 3 is 2.27 bits per heavy atom. The van der Waals surface area contributed by atoms with Crippen LogP contribution < -0.4 is 10.1 Å². The minimum Gasteiger partial charge on any atom is -0.481 e. The van der Waals surface area contributed by atoms with Gasteiger partial charge in [-0.05, 0) is 42.2 Å². The SMILES string of the molecule is COC(=O)c1ccc(CNC(=O)C(C)Oc2ccccc2C(C)C)cc1. The summed E-state index contributed by atoms with van der Waals surface area (Å²) in [4.78, 5) is 23.7. The van der Waals surface area contributed by atoms with E-state index >= 15 is 0 Å². The third-order valence-electron chi connectivity index (χ3n) is 4.06. The van der Waals surface area contributed by atoms with E-state index in [4.69, 9.17) is 4.74 Å². The molecule has 26 heavy (non-hydrogen) atoms. The van der Waals surface area contributed by atoms with Crippen molar-refractivity contribution in [2.45, 2.75) is 39.3 Å². The molecule has 0 saturated heterocycles. The zero-order chi connectivity index (χ0) is 19.1. The van der Waals surface area contributed by atoms with Gasteiger partial charge in [0.15, 0.2) is 6.10 Å². The van der Waals surface area contributed by atoms with Crippen molar-refractivity contribution in [1.29, 1.82) is 0 Å². The number of ether oxygens (including phenoxy) is 2. The average molecular weight is 355 g/mol. The molecule has 0 saturated carbocycles. The molecule has 1 atom stereocenters. The molecule has 0 aliphatic heterocycles. The van der Waals surface area contributed by atoms with Crippen molar-refractivity contribution in [3.63, 3.8) is 0 Å². The van der Waals surface area contributed by atoms with E-state index in [-0.39, 0.29) is 11.9 Å². The number of carbonyl (C=O) groups excluding carboxylic acids is 2. The molecule has 2 rings (SSSR count). The number of para-hydroxylation sites is 1. The van der Waals surface area contributed by atoms with Crippen LogP contribution in [-0.4, -0.2) is 25.1 Å². The summed E-state index contributed by atoms with van der Waals surface area (Å²) in [6.07, 6.45) is -0.607. The van der Waals surface area contributed by atoms with Crippen LogP contribution in [0.5, 0.6) is 5.75 Å². The van der Waals surface area contributed by atoms with Gasteiger partial charge < -0.3 is 14.8 Å². The van der Waals surface area contributed by atoms with E-state index in [0.29, 0.717) is 18.0 Å². The first-order chi connectivity index (χ1) is 12.4. The lowest BCUT2D eigenvalue weighted by Crippen LogP contribution is -2.36. The number of hydrogen-bond donors (Lipinski definition) is 1. The van der Waals surface area contributed by atoms with Crippen LogP contribution in [0.25, 0.3) is 0 Å². The second-order valence-corrected chi connectivity index (χ2v) is 6.36. The molecule has 0 aliphatic rings. The summed E-state index contributed by atoms with van der Waals surface area (Å²) in [5.41, 5.74) is 2.44. The van der Waals surface area contributed by atoms with Crippen LogP contribution in [0.2, 0.25) is 0 Å². The second kappa shape index (κ2) is 9.04. The lowest BCUT2D eigenvalue weighted by molar-refractivity contribution is -0.127. The summed E-state index contributed by atoms with van der Waals surface area (Å²) in [7, 11) is 1.34. The molecule has 0 aromatic heterocycles. The Balaban J connectivity index is 1.92. The Kier molecular flexibility index (Phi) is 6.78. The maximum absolute atomic E-state index is 12.3. The monoisotopic (exact) mass is 355 g/mol. The highest BCUT2D eigenvalue weighted by atomic mass is 16.5. The zero-order valence-electron chi connectivity index (χ0n) is 15.6. The fourth-order valence-corrected chi connectivity index (χ4v) is 2.52. The predicted octanol–water partition coefficient (Wildman–Crippen LogP) is 3.68. The number of methoxy groups -OCH3 is 1. The van der Waals surface area contributed by atoms with Crippen LogP contribution in [-0.2, 0) is 16.1 Å². The standard InChI is InChI=1S/C21H25NO4/c1-14(2)18-7-5-6-8-19(18)26-15(3)20(23)22-13-16-9-11-17(12-10-16)21(24)25-4/h5-12,14-15H,13H2,1-4H3,(H,22,23). The van der Waals surface area contributed by atoms with Gasteiger partial charge >= 0.3 is 5.97 Å². The highest BCUT2D eigenvalue weighted by Gasteiger charge is 2.17. The minimum absolute atomic E-state index is 0.194. The van der Waals surface area contributed by atoms with Gasteiger partial charge in [0.25, 0.3) is 5.91 Å². The molecular formula is C21H25NO4. The molecule has 138 valence electrons. The quantitative estimate of drug-likeness (QED) is 0.770. The fourth-order valence-electron chi connectivity index (χ4n) is 2.52. The number of rotatable bonds is 7. The molecule has 0 heterocycles. The molecule has 1 N–H and O–H groups in total. The summed E-state index contributed by atoms with van der Waals surface area (Å²) in [6.45, 7) is 6.27. The van der Waals surface area contributed by atoms with E-state index in [0.717, 1.165) is 16.9 Å². The van der Waals surface area contributed by atoms with Gasteiger partial charge in [-0.15, -0.1) is 0 Å². The van der Waals surface area contributed by atoms with Crippen molar-refractivity contribution in [1.82, 2.24) is 5.32 Å². The average Bonchev–Trinajstić information content (AvgIpc) is 2.66.